The zero-order chi connectivity index (χ0) is 22.7. The topological polar surface area (TPSA) is 78.4 Å². The van der Waals surface area contributed by atoms with Crippen LogP contribution in [0, 0.1) is 5.41 Å². The maximum absolute atomic E-state index is 12.2. The largest absolute Gasteiger partial charge is 0.444 e. The first-order chi connectivity index (χ1) is 14.8. The lowest BCUT2D eigenvalue weighted by molar-refractivity contribution is 0.0145. The first-order valence-corrected chi connectivity index (χ1v) is 12.0. The van der Waals surface area contributed by atoms with E-state index < -0.39 is 5.60 Å². The van der Waals surface area contributed by atoms with E-state index in [0.717, 1.165) is 77.8 Å². The van der Waals surface area contributed by atoms with Crippen molar-refractivity contribution in [1.29, 1.82) is 0 Å². The highest BCUT2D eigenvalue weighted by molar-refractivity contribution is 5.79. The van der Waals surface area contributed by atoms with Gasteiger partial charge in [-0.05, 0) is 65.3 Å². The van der Waals surface area contributed by atoms with Crippen molar-refractivity contribution in [1.82, 2.24) is 20.4 Å². The normalized spacial score (nSPS) is 19.6. The van der Waals surface area contributed by atoms with E-state index in [9.17, 15) is 4.79 Å². The summed E-state index contributed by atoms with van der Waals surface area (Å²) in [5, 5.41) is 6.86. The van der Waals surface area contributed by atoms with Crippen molar-refractivity contribution >= 4 is 12.1 Å². The molecule has 1 aliphatic heterocycles. The maximum Gasteiger partial charge on any atom is 0.410 e. The van der Waals surface area contributed by atoms with E-state index in [1.807, 2.05) is 25.7 Å². The molecule has 2 rings (SSSR count). The van der Waals surface area contributed by atoms with Gasteiger partial charge in [-0.3, -0.25) is 9.89 Å². The Labute approximate surface area is 189 Å². The third-order valence-electron chi connectivity index (χ3n) is 6.14. The molecule has 180 valence electrons. The van der Waals surface area contributed by atoms with Gasteiger partial charge in [0.05, 0.1) is 0 Å². The van der Waals surface area contributed by atoms with Gasteiger partial charge in [0.1, 0.15) is 5.60 Å². The summed E-state index contributed by atoms with van der Waals surface area (Å²) in [5.41, 5.74) is -0.0973. The summed E-state index contributed by atoms with van der Waals surface area (Å²) < 4.78 is 10.8. The van der Waals surface area contributed by atoms with Crippen molar-refractivity contribution in [3.8, 4) is 0 Å². The van der Waals surface area contributed by atoms with Gasteiger partial charge in [0.15, 0.2) is 5.96 Å². The summed E-state index contributed by atoms with van der Waals surface area (Å²) in [7, 11) is 1.78. The molecule has 0 spiro atoms. The average Bonchev–Trinajstić information content (AvgIpc) is 2.69. The molecule has 1 aliphatic carbocycles. The monoisotopic (exact) mass is 439 g/mol. The Morgan fingerprint density at radius 1 is 1.13 bits per heavy atom. The summed E-state index contributed by atoms with van der Waals surface area (Å²) in [6.07, 6.45) is 5.77. The summed E-state index contributed by atoms with van der Waals surface area (Å²) in [4.78, 5) is 21.3. The standard InChI is InChI=1S/C23H45N5O3/c1-6-24-20(26-19-23(9-7-10-23)11-18-30-5)25-12-8-13-27-14-16-28(17-15-27)21(29)31-22(2,3)4/h6-19H2,1-5H3,(H2,24,25,26). The van der Waals surface area contributed by atoms with Gasteiger partial charge in [-0.15, -0.1) is 0 Å². The van der Waals surface area contributed by atoms with E-state index in [1.54, 1.807) is 7.11 Å². The number of carbonyl (C=O) groups excluding carboxylic acids is 1. The minimum Gasteiger partial charge on any atom is -0.444 e. The fourth-order valence-corrected chi connectivity index (χ4v) is 4.06. The van der Waals surface area contributed by atoms with Gasteiger partial charge in [0, 0.05) is 59.5 Å². The average molecular weight is 440 g/mol. The lowest BCUT2D eigenvalue weighted by Crippen LogP contribution is -2.50. The maximum atomic E-state index is 12.2. The second-order valence-corrected chi connectivity index (χ2v) is 9.88. The van der Waals surface area contributed by atoms with Crippen LogP contribution in [0.3, 0.4) is 0 Å². The molecule has 0 aromatic heterocycles. The number of carbonyl (C=O) groups is 1. The molecular weight excluding hydrogens is 394 g/mol. The third-order valence-corrected chi connectivity index (χ3v) is 6.14. The molecule has 8 nitrogen and oxygen atoms in total. The van der Waals surface area contributed by atoms with Crippen LogP contribution in [0.4, 0.5) is 4.79 Å². The number of aliphatic imine (C=N–C) groups is 1. The van der Waals surface area contributed by atoms with Gasteiger partial charge in [-0.2, -0.15) is 0 Å². The summed E-state index contributed by atoms with van der Waals surface area (Å²) in [5.74, 6) is 0.918. The molecule has 1 amide bonds. The van der Waals surface area contributed by atoms with E-state index in [1.165, 1.54) is 19.3 Å². The zero-order valence-electron chi connectivity index (χ0n) is 20.5. The van der Waals surface area contributed by atoms with Crippen LogP contribution in [-0.4, -0.2) is 93.5 Å². The number of nitrogens with one attached hydrogen (secondary N) is 2. The third kappa shape index (κ3) is 9.23. The Morgan fingerprint density at radius 3 is 2.39 bits per heavy atom. The minimum atomic E-state index is -0.437. The molecule has 0 aromatic carbocycles. The molecule has 2 fully saturated rings. The molecule has 0 radical (unpaired) electrons. The Morgan fingerprint density at radius 2 is 1.84 bits per heavy atom. The Bertz CT molecular complexity index is 564. The first-order valence-electron chi connectivity index (χ1n) is 12.0. The van der Waals surface area contributed by atoms with Gasteiger partial charge in [0.2, 0.25) is 0 Å². The molecule has 1 saturated carbocycles. The highest BCUT2D eigenvalue weighted by Crippen LogP contribution is 2.44. The van der Waals surface area contributed by atoms with Gasteiger partial charge < -0.3 is 25.0 Å². The highest BCUT2D eigenvalue weighted by Gasteiger charge is 2.36. The number of piperazine rings is 1. The molecule has 0 bridgehead atoms. The van der Waals surface area contributed by atoms with Crippen molar-refractivity contribution in [3.05, 3.63) is 0 Å². The Balaban J connectivity index is 1.66. The zero-order valence-corrected chi connectivity index (χ0v) is 20.5. The number of methoxy groups -OCH3 is 1. The van der Waals surface area contributed by atoms with Crippen molar-refractivity contribution in [2.75, 3.05) is 66.1 Å². The van der Waals surface area contributed by atoms with Crippen LogP contribution in [0.1, 0.15) is 59.8 Å². The van der Waals surface area contributed by atoms with Crippen LogP contribution >= 0.6 is 0 Å². The Kier molecular flexibility index (Phi) is 10.4. The van der Waals surface area contributed by atoms with Crippen LogP contribution in [0.5, 0.6) is 0 Å². The predicted octanol–water partition coefficient (Wildman–Crippen LogP) is 2.69. The van der Waals surface area contributed by atoms with Crippen LogP contribution < -0.4 is 10.6 Å². The van der Waals surface area contributed by atoms with Crippen LogP contribution in [-0.2, 0) is 9.47 Å². The Hall–Kier alpha value is -1.54. The smallest absolute Gasteiger partial charge is 0.410 e. The fourth-order valence-electron chi connectivity index (χ4n) is 4.06. The summed E-state index contributed by atoms with van der Waals surface area (Å²) in [6.45, 7) is 15.6. The first kappa shape index (κ1) is 25.7. The summed E-state index contributed by atoms with van der Waals surface area (Å²) >= 11 is 0. The van der Waals surface area contributed by atoms with Crippen LogP contribution in [0.15, 0.2) is 4.99 Å². The number of rotatable bonds is 10. The van der Waals surface area contributed by atoms with Gasteiger partial charge in [0.25, 0.3) is 0 Å². The SMILES string of the molecule is CCNC(=NCC1(CCOC)CCC1)NCCCN1CCN(C(=O)OC(C)(C)C)CC1. The number of guanidine groups is 1. The molecule has 2 aliphatic rings. The number of amides is 1. The van der Waals surface area contributed by atoms with E-state index in [4.69, 9.17) is 14.5 Å². The molecule has 1 saturated heterocycles. The van der Waals surface area contributed by atoms with Gasteiger partial charge in [-0.25, -0.2) is 4.79 Å². The van der Waals surface area contributed by atoms with E-state index in [2.05, 4.69) is 22.5 Å². The molecular formula is C23H45N5O3. The molecule has 1 heterocycles. The lowest BCUT2D eigenvalue weighted by atomic mass is 9.67. The predicted molar refractivity (Wildman–Crippen MR) is 126 cm³/mol. The number of nitrogens with zero attached hydrogens (tertiary/aromatic N) is 3. The van der Waals surface area contributed by atoms with Gasteiger partial charge in [-0.1, -0.05) is 6.42 Å². The molecule has 2 N–H and O–H groups in total. The van der Waals surface area contributed by atoms with Crippen LogP contribution in [0.2, 0.25) is 0 Å². The van der Waals surface area contributed by atoms with E-state index in [0.29, 0.717) is 5.41 Å². The molecule has 0 atom stereocenters. The van der Waals surface area contributed by atoms with E-state index >= 15 is 0 Å². The number of ether oxygens (including phenoxy) is 2. The molecule has 0 unspecified atom stereocenters. The number of hydrogen-bond donors (Lipinski definition) is 2. The second-order valence-electron chi connectivity index (χ2n) is 9.88. The van der Waals surface area contributed by atoms with Gasteiger partial charge >= 0.3 is 6.09 Å². The molecule has 8 heteroatoms. The van der Waals surface area contributed by atoms with Crippen molar-refractivity contribution in [3.63, 3.8) is 0 Å². The minimum absolute atomic E-state index is 0.199. The number of hydrogen-bond acceptors (Lipinski definition) is 5. The van der Waals surface area contributed by atoms with Crippen LogP contribution in [0.25, 0.3) is 0 Å². The van der Waals surface area contributed by atoms with E-state index in [-0.39, 0.29) is 6.09 Å². The lowest BCUT2D eigenvalue weighted by Gasteiger charge is -2.40. The fraction of sp³-hybridized carbons (Fsp3) is 0.913. The molecule has 31 heavy (non-hydrogen) atoms. The highest BCUT2D eigenvalue weighted by atomic mass is 16.6. The second kappa shape index (κ2) is 12.5. The van der Waals surface area contributed by atoms with Crippen molar-refractivity contribution < 1.29 is 14.3 Å². The molecule has 0 aromatic rings. The van der Waals surface area contributed by atoms with Crippen molar-refractivity contribution in [2.24, 2.45) is 10.4 Å². The summed E-state index contributed by atoms with van der Waals surface area (Å²) in [6, 6.07) is 0. The quantitative estimate of drug-likeness (QED) is 0.310. The van der Waals surface area contributed by atoms with Crippen molar-refractivity contribution in [2.45, 2.75) is 65.4 Å².